The second-order valence-corrected chi connectivity index (χ2v) is 1.47. The van der Waals surface area contributed by atoms with E-state index in [1.807, 2.05) is 0 Å². The summed E-state index contributed by atoms with van der Waals surface area (Å²) in [7, 11) is 4.07. The molecule has 0 aromatic heterocycles. The van der Waals surface area contributed by atoms with Crippen molar-refractivity contribution in [3.05, 3.63) is 12.4 Å². The van der Waals surface area contributed by atoms with Crippen LogP contribution in [0.1, 0.15) is 0 Å². The van der Waals surface area contributed by atoms with E-state index in [1.165, 1.54) is 0 Å². The van der Waals surface area contributed by atoms with Gasteiger partial charge in [-0.25, -0.2) is 0 Å². The Morgan fingerprint density at radius 1 is 1.56 bits per heavy atom. The molecule has 0 aliphatic rings. The summed E-state index contributed by atoms with van der Waals surface area (Å²) >= 11 is 0. The van der Waals surface area contributed by atoms with Crippen molar-refractivity contribution in [3.8, 4) is 0 Å². The molecule has 0 saturated heterocycles. The van der Waals surface area contributed by atoms with Crippen molar-refractivity contribution < 1.29 is 0 Å². The van der Waals surface area contributed by atoms with Crippen molar-refractivity contribution in [2.24, 2.45) is 9.98 Å². The average Bonchev–Trinajstić information content (AvgIpc) is 1.89. The highest BCUT2D eigenvalue weighted by Crippen LogP contribution is 1.72. The summed E-state index contributed by atoms with van der Waals surface area (Å²) < 4.78 is 0. The van der Waals surface area contributed by atoms with Crippen LogP contribution in [0.15, 0.2) is 22.4 Å². The zero-order valence-corrected chi connectivity index (χ0v) is 6.44. The highest BCUT2D eigenvalue weighted by Gasteiger charge is 1.60. The molecule has 9 heavy (non-hydrogen) atoms. The quantitative estimate of drug-likeness (QED) is 0.350. The molecule has 0 amide bonds. The van der Waals surface area contributed by atoms with Crippen molar-refractivity contribution in [1.29, 1.82) is 0 Å². The van der Waals surface area contributed by atoms with Gasteiger partial charge >= 0.3 is 0 Å². The monoisotopic (exact) mass is 143 g/mol. The molecule has 0 aromatic carbocycles. The van der Waals surface area contributed by atoms with Crippen LogP contribution in [0, 0.1) is 0 Å². The first-order valence-electron chi connectivity index (χ1n) is 2.47. The predicted molar refractivity (Wildman–Crippen MR) is 44.9 cm³/mol. The minimum Gasteiger partial charge on any atom is -0.352 e. The molecule has 0 bridgehead atoms. The lowest BCUT2D eigenvalue weighted by atomic mass is 10.9. The molecule has 0 heterocycles. The van der Waals surface area contributed by atoms with Gasteiger partial charge in [-0.2, -0.15) is 0 Å². The Hall–Kier alpha value is -0.690. The van der Waals surface area contributed by atoms with E-state index in [0.29, 0.717) is 0 Å². The molecule has 50 valence electrons. The van der Waals surface area contributed by atoms with Crippen LogP contribution < -0.4 is 5.32 Å². The average molecular weight is 143 g/mol. The molecule has 0 spiro atoms. The predicted octanol–water partition coefficient (Wildman–Crippen LogP) is 0.609. The van der Waals surface area contributed by atoms with E-state index in [1.54, 1.807) is 31.7 Å². The van der Waals surface area contributed by atoms with Gasteiger partial charge in [0.1, 0.15) is 0 Å². The number of hydrogen-bond donors (Lipinski definition) is 1. The Morgan fingerprint density at radius 2 is 2.33 bits per heavy atom. The first-order chi connectivity index (χ1) is 4.41. The molecule has 0 aliphatic heterocycles. The van der Waals surface area contributed by atoms with E-state index >= 15 is 0 Å². The van der Waals surface area contributed by atoms with Crippen LogP contribution in [-0.4, -0.2) is 19.3 Å². The van der Waals surface area contributed by atoms with Gasteiger partial charge < -0.3 is 5.32 Å². The maximum Gasteiger partial charge on any atom is 0.0860 e. The number of hydrogen-bond acceptors (Lipinski definition) is 2. The van der Waals surface area contributed by atoms with Crippen LogP contribution >= 0.6 is 9.24 Å². The summed E-state index contributed by atoms with van der Waals surface area (Å²) in [5.41, 5.74) is 0. The van der Waals surface area contributed by atoms with E-state index in [2.05, 4.69) is 24.5 Å². The molecule has 1 unspecified atom stereocenters. The van der Waals surface area contributed by atoms with Gasteiger partial charge in [-0.15, -0.1) is 0 Å². The third-order valence-corrected chi connectivity index (χ3v) is 0.719. The van der Waals surface area contributed by atoms with Crippen molar-refractivity contribution >= 4 is 21.5 Å². The SMILES string of the molecule is CN=CN/C=C/N=CP. The minimum atomic E-state index is 1.58. The van der Waals surface area contributed by atoms with Gasteiger partial charge in [0.2, 0.25) is 0 Å². The smallest absolute Gasteiger partial charge is 0.0860 e. The van der Waals surface area contributed by atoms with E-state index < -0.39 is 0 Å². The Balaban J connectivity index is 3.25. The molecule has 0 saturated carbocycles. The molecule has 1 N–H and O–H groups in total. The maximum atomic E-state index is 3.78. The van der Waals surface area contributed by atoms with Crippen molar-refractivity contribution in [2.45, 2.75) is 0 Å². The number of aliphatic imine (C=N–C) groups is 2. The molecular weight excluding hydrogens is 133 g/mol. The summed E-state index contributed by atoms with van der Waals surface area (Å²) in [6.45, 7) is 0. The normalized spacial score (nSPS) is 12.2. The first-order valence-corrected chi connectivity index (χ1v) is 3.13. The van der Waals surface area contributed by atoms with Crippen LogP contribution in [0.4, 0.5) is 0 Å². The summed E-state index contributed by atoms with van der Waals surface area (Å²) in [5, 5.41) is 2.77. The van der Waals surface area contributed by atoms with E-state index in [9.17, 15) is 0 Å². The Kier molecular flexibility index (Phi) is 6.75. The number of nitrogens with zero attached hydrogens (tertiary/aromatic N) is 2. The molecule has 0 fully saturated rings. The number of nitrogens with one attached hydrogen (secondary N) is 1. The summed E-state index contributed by atoms with van der Waals surface area (Å²) in [6, 6.07) is 0. The van der Waals surface area contributed by atoms with Gasteiger partial charge in [0.15, 0.2) is 0 Å². The second-order valence-electron chi connectivity index (χ2n) is 1.17. The van der Waals surface area contributed by atoms with Crippen LogP contribution in [0.3, 0.4) is 0 Å². The lowest BCUT2D eigenvalue weighted by molar-refractivity contribution is 1.27. The molecule has 0 radical (unpaired) electrons. The second kappa shape index (κ2) is 7.31. The fourth-order valence-electron chi connectivity index (χ4n) is 0.253. The summed E-state index contributed by atoms with van der Waals surface area (Å²) in [4.78, 5) is 7.47. The van der Waals surface area contributed by atoms with E-state index in [-0.39, 0.29) is 0 Å². The third kappa shape index (κ3) is 7.31. The molecule has 0 aromatic rings. The molecule has 3 nitrogen and oxygen atoms in total. The Bertz CT molecular complexity index is 128. The van der Waals surface area contributed by atoms with Crippen molar-refractivity contribution in [3.63, 3.8) is 0 Å². The van der Waals surface area contributed by atoms with Crippen molar-refractivity contribution in [1.82, 2.24) is 5.32 Å². The summed E-state index contributed by atoms with van der Waals surface area (Å²) in [5.74, 6) is 1.63. The maximum absolute atomic E-state index is 3.78. The lowest BCUT2D eigenvalue weighted by Gasteiger charge is -1.82. The lowest BCUT2D eigenvalue weighted by Crippen LogP contribution is -1.98. The third-order valence-electron chi connectivity index (χ3n) is 0.547. The topological polar surface area (TPSA) is 36.8 Å². The van der Waals surface area contributed by atoms with Gasteiger partial charge in [0, 0.05) is 25.4 Å². The van der Waals surface area contributed by atoms with Gasteiger partial charge in [0.05, 0.1) is 6.34 Å². The molecule has 0 aliphatic carbocycles. The van der Waals surface area contributed by atoms with Gasteiger partial charge in [-0.3, -0.25) is 9.98 Å². The molecular formula is C5H10N3P. The van der Waals surface area contributed by atoms with Crippen LogP contribution in [0.2, 0.25) is 0 Å². The largest absolute Gasteiger partial charge is 0.352 e. The molecule has 0 rings (SSSR count). The number of rotatable bonds is 3. The van der Waals surface area contributed by atoms with E-state index in [4.69, 9.17) is 0 Å². The molecule has 1 atom stereocenters. The van der Waals surface area contributed by atoms with E-state index in [0.717, 1.165) is 0 Å². The first kappa shape index (κ1) is 8.31. The highest BCUT2D eigenvalue weighted by molar-refractivity contribution is 7.36. The zero-order valence-electron chi connectivity index (χ0n) is 5.28. The Morgan fingerprint density at radius 3 is 2.89 bits per heavy atom. The fourth-order valence-corrected chi connectivity index (χ4v) is 0.353. The Labute approximate surface area is 57.2 Å². The fraction of sp³-hybridized carbons (Fsp3) is 0.200. The summed E-state index contributed by atoms with van der Waals surface area (Å²) in [6.07, 6.45) is 4.90. The van der Waals surface area contributed by atoms with Crippen LogP contribution in [0.5, 0.6) is 0 Å². The van der Waals surface area contributed by atoms with Gasteiger partial charge in [0.25, 0.3) is 0 Å². The van der Waals surface area contributed by atoms with Gasteiger partial charge in [-0.1, -0.05) is 9.24 Å². The van der Waals surface area contributed by atoms with Crippen molar-refractivity contribution in [2.75, 3.05) is 7.05 Å². The minimum absolute atomic E-state index is 1.58. The zero-order chi connectivity index (χ0) is 6.95. The van der Waals surface area contributed by atoms with Crippen LogP contribution in [0.25, 0.3) is 0 Å². The highest BCUT2D eigenvalue weighted by atomic mass is 31.0. The standard InChI is InChI=1S/C5H10N3P/c1-6-4-7-2-3-8-5-9/h2-5H,9H2,1H3,(H,6,7)/b3-2+,8-5?. The van der Waals surface area contributed by atoms with Crippen LogP contribution in [-0.2, 0) is 0 Å². The molecule has 4 heteroatoms. The van der Waals surface area contributed by atoms with Gasteiger partial charge in [-0.05, 0) is 0 Å².